The first-order valence-corrected chi connectivity index (χ1v) is 7.86. The van der Waals surface area contributed by atoms with Gasteiger partial charge >= 0.3 is 0 Å². The van der Waals surface area contributed by atoms with Crippen LogP contribution in [0.1, 0.15) is 22.3 Å². The van der Waals surface area contributed by atoms with Crippen molar-refractivity contribution in [1.29, 1.82) is 0 Å². The summed E-state index contributed by atoms with van der Waals surface area (Å²) < 4.78 is 0. The molecule has 0 aliphatic rings. The van der Waals surface area contributed by atoms with Gasteiger partial charge in [0.1, 0.15) is 0 Å². The van der Waals surface area contributed by atoms with E-state index in [2.05, 4.69) is 43.5 Å². The van der Waals surface area contributed by atoms with E-state index in [9.17, 15) is 0 Å². The quantitative estimate of drug-likeness (QED) is 0.474. The first kappa shape index (κ1) is 17.2. The summed E-state index contributed by atoms with van der Waals surface area (Å²) in [5.74, 6) is 0. The fourth-order valence-corrected chi connectivity index (χ4v) is 2.04. The molecule has 0 aliphatic heterocycles. The van der Waals surface area contributed by atoms with Crippen molar-refractivity contribution in [3.8, 4) is 0 Å². The molecule has 24 heavy (non-hydrogen) atoms. The van der Waals surface area contributed by atoms with Gasteiger partial charge < -0.3 is 0 Å². The third-order valence-corrected chi connectivity index (χ3v) is 3.42. The van der Waals surface area contributed by atoms with Crippen LogP contribution in [0.4, 0.5) is 0 Å². The molecule has 1 radical (unpaired) electrons. The molecule has 0 heteroatoms. The summed E-state index contributed by atoms with van der Waals surface area (Å²) >= 11 is 0. The molecule has 0 bridgehead atoms. The van der Waals surface area contributed by atoms with Crippen molar-refractivity contribution in [2.45, 2.75) is 0 Å². The molecule has 3 rings (SSSR count). The van der Waals surface area contributed by atoms with Crippen LogP contribution in [0.15, 0.2) is 92.0 Å². The zero-order valence-corrected chi connectivity index (χ0v) is 13.7. The Morgan fingerprint density at radius 3 is 1.46 bits per heavy atom. The van der Waals surface area contributed by atoms with E-state index in [4.69, 9.17) is 0 Å². The summed E-state index contributed by atoms with van der Waals surface area (Å²) in [6.45, 7) is 7.32. The van der Waals surface area contributed by atoms with Gasteiger partial charge in [-0.1, -0.05) is 116 Å². The smallest absolute Gasteiger partial charge is 0.0184 e. The van der Waals surface area contributed by atoms with Gasteiger partial charge in [-0.3, -0.25) is 0 Å². The summed E-state index contributed by atoms with van der Waals surface area (Å²) in [5, 5.41) is 0. The second-order valence-electron chi connectivity index (χ2n) is 5.15. The number of hydrogen-bond acceptors (Lipinski definition) is 0. The first-order valence-electron chi connectivity index (χ1n) is 7.86. The molecule has 0 fully saturated rings. The molecule has 0 aromatic heterocycles. The minimum Gasteiger partial charge on any atom is -0.0985 e. The third kappa shape index (κ3) is 5.94. The fraction of sp³-hybridized carbons (Fsp3) is 0. The van der Waals surface area contributed by atoms with Gasteiger partial charge in [0.25, 0.3) is 0 Å². The van der Waals surface area contributed by atoms with Crippen molar-refractivity contribution in [3.05, 3.63) is 120 Å². The Morgan fingerprint density at radius 2 is 1.00 bits per heavy atom. The lowest BCUT2D eigenvalue weighted by Crippen LogP contribution is -1.71. The number of rotatable bonds is 4. The van der Waals surface area contributed by atoms with Gasteiger partial charge in [0.05, 0.1) is 0 Å². The van der Waals surface area contributed by atoms with E-state index < -0.39 is 0 Å². The predicted octanol–water partition coefficient (Wildman–Crippen LogP) is 6.63. The van der Waals surface area contributed by atoms with Crippen molar-refractivity contribution in [1.82, 2.24) is 0 Å². The Hall–Kier alpha value is -3.12. The average Bonchev–Trinajstić information content (AvgIpc) is 2.68. The lowest BCUT2D eigenvalue weighted by molar-refractivity contribution is 1.63. The summed E-state index contributed by atoms with van der Waals surface area (Å²) in [6.07, 6.45) is 7.86. The van der Waals surface area contributed by atoms with Crippen molar-refractivity contribution in [2.24, 2.45) is 0 Å². The van der Waals surface area contributed by atoms with E-state index in [1.165, 1.54) is 11.1 Å². The lowest BCUT2D eigenvalue weighted by Gasteiger charge is -1.92. The minimum absolute atomic E-state index is 1.14. The highest BCUT2D eigenvalue weighted by atomic mass is 13.9. The van der Waals surface area contributed by atoms with Gasteiger partial charge in [0, 0.05) is 0 Å². The monoisotopic (exact) mass is 309 g/mol. The van der Waals surface area contributed by atoms with Gasteiger partial charge in [-0.15, -0.1) is 0 Å². The zero-order chi connectivity index (χ0) is 17.0. The van der Waals surface area contributed by atoms with Crippen molar-refractivity contribution in [2.75, 3.05) is 0 Å². The van der Waals surface area contributed by atoms with Crippen LogP contribution >= 0.6 is 0 Å². The van der Waals surface area contributed by atoms with Crippen LogP contribution in [0.25, 0.3) is 24.3 Å². The van der Waals surface area contributed by atoms with E-state index in [1.807, 2.05) is 78.9 Å². The van der Waals surface area contributed by atoms with E-state index in [1.54, 1.807) is 0 Å². The molecule has 0 spiro atoms. The van der Waals surface area contributed by atoms with Crippen LogP contribution in [-0.4, -0.2) is 0 Å². The predicted molar refractivity (Wildman–Crippen MR) is 107 cm³/mol. The Labute approximate surface area is 145 Å². The molecular formula is C24H21. The molecule has 0 saturated heterocycles. The standard InChI is InChI=1S/C14H11.C10H10/c1-3-7-13(8-4-1)11-12-14-9-5-2-6-10-14;1-3-9-5-7-10(4-2)8-6-9/h1,3-12H;3-8H,1-2H2. The normalized spacial score (nSPS) is 9.83. The van der Waals surface area contributed by atoms with Gasteiger partial charge in [-0.2, -0.15) is 0 Å². The molecule has 0 atom stereocenters. The SMILES string of the molecule is C=Cc1ccc(C=C)cc1.[c]1ccc(C=Cc2ccccc2)cc1. The van der Waals surface area contributed by atoms with Crippen molar-refractivity contribution < 1.29 is 0 Å². The van der Waals surface area contributed by atoms with Crippen LogP contribution in [0, 0.1) is 6.07 Å². The topological polar surface area (TPSA) is 0 Å². The van der Waals surface area contributed by atoms with E-state index in [0.29, 0.717) is 0 Å². The molecule has 3 aromatic carbocycles. The first-order chi connectivity index (χ1) is 11.8. The molecular weight excluding hydrogens is 288 g/mol. The van der Waals surface area contributed by atoms with Gasteiger partial charge in [-0.25, -0.2) is 0 Å². The Morgan fingerprint density at radius 1 is 0.542 bits per heavy atom. The maximum atomic E-state index is 3.66. The average molecular weight is 309 g/mol. The van der Waals surface area contributed by atoms with Gasteiger partial charge in [0.2, 0.25) is 0 Å². The highest BCUT2D eigenvalue weighted by Crippen LogP contribution is 2.07. The lowest BCUT2D eigenvalue weighted by atomic mass is 10.1. The van der Waals surface area contributed by atoms with Crippen LogP contribution in [-0.2, 0) is 0 Å². The highest BCUT2D eigenvalue weighted by Gasteiger charge is 1.85. The molecule has 0 unspecified atom stereocenters. The molecule has 0 heterocycles. The number of hydrogen-bond donors (Lipinski definition) is 0. The van der Waals surface area contributed by atoms with Gasteiger partial charge in [0.15, 0.2) is 0 Å². The van der Waals surface area contributed by atoms with Crippen LogP contribution in [0.5, 0.6) is 0 Å². The second-order valence-corrected chi connectivity index (χ2v) is 5.15. The van der Waals surface area contributed by atoms with Crippen LogP contribution in [0.2, 0.25) is 0 Å². The minimum atomic E-state index is 1.14. The van der Waals surface area contributed by atoms with E-state index >= 15 is 0 Å². The highest BCUT2D eigenvalue weighted by molar-refractivity contribution is 5.69. The van der Waals surface area contributed by atoms with E-state index in [0.717, 1.165) is 11.1 Å². The van der Waals surface area contributed by atoms with Gasteiger partial charge in [-0.05, 0) is 28.3 Å². The third-order valence-electron chi connectivity index (χ3n) is 3.42. The molecule has 3 aromatic rings. The maximum absolute atomic E-state index is 3.66. The summed E-state index contributed by atoms with van der Waals surface area (Å²) in [5.41, 5.74) is 4.71. The zero-order valence-electron chi connectivity index (χ0n) is 13.7. The second kappa shape index (κ2) is 9.81. The largest absolute Gasteiger partial charge is 0.0985 e. The van der Waals surface area contributed by atoms with Crippen molar-refractivity contribution >= 4 is 24.3 Å². The molecule has 0 aliphatic carbocycles. The molecule has 0 nitrogen and oxygen atoms in total. The molecule has 0 saturated carbocycles. The Kier molecular flexibility index (Phi) is 7.04. The fourth-order valence-electron chi connectivity index (χ4n) is 2.04. The summed E-state index contributed by atoms with van der Waals surface area (Å²) in [7, 11) is 0. The van der Waals surface area contributed by atoms with Crippen LogP contribution in [0.3, 0.4) is 0 Å². The Bertz CT molecular complexity index is 695. The van der Waals surface area contributed by atoms with Crippen LogP contribution < -0.4 is 0 Å². The Balaban J connectivity index is 0.000000185. The van der Waals surface area contributed by atoms with E-state index in [-0.39, 0.29) is 0 Å². The maximum Gasteiger partial charge on any atom is -0.0184 e. The molecule has 0 amide bonds. The molecule has 117 valence electrons. The summed E-state index contributed by atoms with van der Waals surface area (Å²) in [6, 6.07) is 29.3. The number of benzene rings is 3. The summed E-state index contributed by atoms with van der Waals surface area (Å²) in [4.78, 5) is 0. The van der Waals surface area contributed by atoms with Crippen molar-refractivity contribution in [3.63, 3.8) is 0 Å². The molecule has 0 N–H and O–H groups in total.